The highest BCUT2D eigenvalue weighted by Gasteiger charge is 2.39. The normalized spacial score (nSPS) is 18.1. The molecule has 31 heavy (non-hydrogen) atoms. The number of nitrogens with one attached hydrogen (secondary N) is 1. The number of carboxylic acids is 1. The summed E-state index contributed by atoms with van der Waals surface area (Å²) in [6, 6.07) is 3.50. The van der Waals surface area contributed by atoms with Gasteiger partial charge in [-0.2, -0.15) is 4.31 Å². The number of unbranched alkanes of at least 4 members (excludes halogenated alkanes) is 2. The lowest BCUT2D eigenvalue weighted by Gasteiger charge is -2.28. The number of carboxylic acid groups (broad SMARTS) is 1. The molecule has 1 fully saturated rings. The van der Waals surface area contributed by atoms with Crippen molar-refractivity contribution in [3.63, 3.8) is 0 Å². The fourth-order valence-corrected chi connectivity index (χ4v) is 7.21. The van der Waals surface area contributed by atoms with E-state index < -0.39 is 31.9 Å². The van der Waals surface area contributed by atoms with Gasteiger partial charge in [-0.15, -0.1) is 0 Å². The standard InChI is InChI=1S/C19H28N2O8S2/c1-14(22)20-15-7-8-17(29-2)18(12-15)31(27,28)21(10-5-3-4-6-19(23)24)16-9-11-30(25,26)13-16/h7-8,12,16H,3-6,9-11,13H2,1-2H3,(H,20,22)(H,23,24)/t16-/m0/s1. The topological polar surface area (TPSA) is 147 Å². The quantitative estimate of drug-likeness (QED) is 0.456. The largest absolute Gasteiger partial charge is 0.495 e. The maximum Gasteiger partial charge on any atom is 0.303 e. The molecule has 1 atom stereocenters. The highest BCUT2D eigenvalue weighted by Crippen LogP contribution is 2.33. The molecule has 0 saturated carbocycles. The van der Waals surface area contributed by atoms with Gasteiger partial charge in [0, 0.05) is 31.6 Å². The molecule has 10 nitrogen and oxygen atoms in total. The van der Waals surface area contributed by atoms with E-state index in [1.54, 1.807) is 0 Å². The number of amides is 1. The first-order chi connectivity index (χ1) is 14.5. The van der Waals surface area contributed by atoms with Gasteiger partial charge in [0.1, 0.15) is 10.6 Å². The first kappa shape index (κ1) is 25.1. The molecule has 174 valence electrons. The molecule has 0 aromatic heterocycles. The average Bonchev–Trinajstić information content (AvgIpc) is 3.02. The monoisotopic (exact) mass is 476 g/mol. The second-order valence-electron chi connectivity index (χ2n) is 7.42. The van der Waals surface area contributed by atoms with E-state index in [4.69, 9.17) is 9.84 Å². The van der Waals surface area contributed by atoms with Gasteiger partial charge in [-0.25, -0.2) is 16.8 Å². The number of rotatable bonds is 11. The molecule has 0 unspecified atom stereocenters. The zero-order valence-electron chi connectivity index (χ0n) is 17.5. The van der Waals surface area contributed by atoms with Crippen LogP contribution in [-0.4, -0.2) is 69.3 Å². The maximum atomic E-state index is 13.6. The summed E-state index contributed by atoms with van der Waals surface area (Å²) >= 11 is 0. The zero-order chi connectivity index (χ0) is 23.2. The number of aliphatic carboxylic acids is 1. The molecule has 2 rings (SSSR count). The first-order valence-electron chi connectivity index (χ1n) is 9.86. The highest BCUT2D eigenvalue weighted by molar-refractivity contribution is 7.92. The smallest absolute Gasteiger partial charge is 0.303 e. The molecular weight excluding hydrogens is 448 g/mol. The van der Waals surface area contributed by atoms with Gasteiger partial charge in [0.25, 0.3) is 0 Å². The Morgan fingerprint density at radius 3 is 2.52 bits per heavy atom. The molecule has 1 aromatic rings. The number of methoxy groups -OCH3 is 1. The summed E-state index contributed by atoms with van der Waals surface area (Å²) in [6.45, 7) is 1.35. The number of ether oxygens (including phenoxy) is 1. The highest BCUT2D eigenvalue weighted by atomic mass is 32.2. The Balaban J connectivity index is 2.36. The second kappa shape index (κ2) is 10.4. The fraction of sp³-hybridized carbons (Fsp3) is 0.579. The van der Waals surface area contributed by atoms with Crippen molar-refractivity contribution in [3.05, 3.63) is 18.2 Å². The zero-order valence-corrected chi connectivity index (χ0v) is 19.2. The molecule has 2 N–H and O–H groups in total. The minimum atomic E-state index is -4.16. The van der Waals surface area contributed by atoms with Crippen LogP contribution in [0.4, 0.5) is 5.69 Å². The van der Waals surface area contributed by atoms with Gasteiger partial charge in [0.15, 0.2) is 9.84 Å². The SMILES string of the molecule is COc1ccc(NC(C)=O)cc1S(=O)(=O)N(CCCCCC(=O)O)[C@H]1CCS(=O)(=O)C1. The Morgan fingerprint density at radius 1 is 1.26 bits per heavy atom. The van der Waals surface area contributed by atoms with Gasteiger partial charge in [0.05, 0.1) is 18.6 Å². The Hall–Kier alpha value is -2.18. The third-order valence-electron chi connectivity index (χ3n) is 4.96. The Kier molecular flexibility index (Phi) is 8.43. The predicted octanol–water partition coefficient (Wildman–Crippen LogP) is 1.48. The third-order valence-corrected chi connectivity index (χ3v) is 8.68. The van der Waals surface area contributed by atoms with E-state index in [0.717, 1.165) is 0 Å². The Morgan fingerprint density at radius 2 is 1.97 bits per heavy atom. The van der Waals surface area contributed by atoms with Crippen LogP contribution >= 0.6 is 0 Å². The fourth-order valence-electron chi connectivity index (χ4n) is 3.51. The second-order valence-corrected chi connectivity index (χ2v) is 11.5. The molecule has 1 aliphatic rings. The van der Waals surface area contributed by atoms with E-state index in [1.807, 2.05) is 0 Å². The molecule has 1 aromatic carbocycles. The van der Waals surface area contributed by atoms with Crippen molar-refractivity contribution >= 4 is 37.4 Å². The van der Waals surface area contributed by atoms with E-state index in [0.29, 0.717) is 19.3 Å². The van der Waals surface area contributed by atoms with Crippen molar-refractivity contribution in [1.82, 2.24) is 4.31 Å². The lowest BCUT2D eigenvalue weighted by molar-refractivity contribution is -0.137. The average molecular weight is 477 g/mol. The number of sulfone groups is 1. The van der Waals surface area contributed by atoms with Crippen LogP contribution in [0.25, 0.3) is 0 Å². The number of hydrogen-bond acceptors (Lipinski definition) is 7. The van der Waals surface area contributed by atoms with Gasteiger partial charge in [-0.1, -0.05) is 6.42 Å². The Bertz CT molecular complexity index is 1020. The van der Waals surface area contributed by atoms with Gasteiger partial charge in [-0.3, -0.25) is 9.59 Å². The molecule has 1 heterocycles. The summed E-state index contributed by atoms with van der Waals surface area (Å²) in [5.41, 5.74) is 0.271. The lowest BCUT2D eigenvalue weighted by Crippen LogP contribution is -2.41. The summed E-state index contributed by atoms with van der Waals surface area (Å²) < 4.78 is 57.5. The number of sulfonamides is 1. The van der Waals surface area contributed by atoms with E-state index in [2.05, 4.69) is 5.32 Å². The van der Waals surface area contributed by atoms with Crippen molar-refractivity contribution < 1.29 is 36.3 Å². The molecule has 0 bridgehead atoms. The van der Waals surface area contributed by atoms with Gasteiger partial charge >= 0.3 is 5.97 Å². The van der Waals surface area contributed by atoms with Crippen LogP contribution in [0.5, 0.6) is 5.75 Å². The minimum absolute atomic E-state index is 0.0167. The van der Waals surface area contributed by atoms with Crippen molar-refractivity contribution in [2.45, 2.75) is 50.0 Å². The Labute approximate surface area is 182 Å². The first-order valence-corrected chi connectivity index (χ1v) is 13.1. The molecular formula is C19H28N2O8S2. The van der Waals surface area contributed by atoms with E-state index >= 15 is 0 Å². The van der Waals surface area contributed by atoms with Crippen molar-refractivity contribution in [2.75, 3.05) is 30.5 Å². The van der Waals surface area contributed by atoms with Gasteiger partial charge in [0.2, 0.25) is 15.9 Å². The summed E-state index contributed by atoms with van der Waals surface area (Å²) in [7, 11) is -6.18. The summed E-state index contributed by atoms with van der Waals surface area (Å²) in [5, 5.41) is 11.3. The van der Waals surface area contributed by atoms with Crippen molar-refractivity contribution in [1.29, 1.82) is 0 Å². The number of nitrogens with zero attached hydrogens (tertiary/aromatic N) is 1. The van der Waals surface area contributed by atoms with Crippen LogP contribution in [0, 0.1) is 0 Å². The molecule has 12 heteroatoms. The lowest BCUT2D eigenvalue weighted by atomic mass is 10.2. The predicted molar refractivity (Wildman–Crippen MR) is 114 cm³/mol. The third kappa shape index (κ3) is 6.91. The van der Waals surface area contributed by atoms with Crippen LogP contribution in [0.3, 0.4) is 0 Å². The van der Waals surface area contributed by atoms with E-state index in [-0.39, 0.29) is 53.1 Å². The number of benzene rings is 1. The van der Waals surface area contributed by atoms with Crippen LogP contribution < -0.4 is 10.1 Å². The molecule has 0 radical (unpaired) electrons. The van der Waals surface area contributed by atoms with Gasteiger partial charge < -0.3 is 15.2 Å². The van der Waals surface area contributed by atoms with Crippen LogP contribution in [-0.2, 0) is 29.4 Å². The molecule has 1 aliphatic heterocycles. The minimum Gasteiger partial charge on any atom is -0.495 e. The summed E-state index contributed by atoms with van der Waals surface area (Å²) in [5.74, 6) is -1.58. The number of carbonyl (C=O) groups is 2. The summed E-state index contributed by atoms with van der Waals surface area (Å²) in [6.07, 6.45) is 1.44. The van der Waals surface area contributed by atoms with E-state index in [1.165, 1.54) is 36.5 Å². The molecule has 0 aliphatic carbocycles. The number of hydrogen-bond donors (Lipinski definition) is 2. The summed E-state index contributed by atoms with van der Waals surface area (Å²) in [4.78, 5) is 21.9. The van der Waals surface area contributed by atoms with Gasteiger partial charge in [-0.05, 0) is 37.5 Å². The number of carbonyl (C=O) groups excluding carboxylic acids is 1. The molecule has 1 amide bonds. The molecule has 1 saturated heterocycles. The van der Waals surface area contributed by atoms with Crippen LogP contribution in [0.15, 0.2) is 23.1 Å². The van der Waals surface area contributed by atoms with Crippen molar-refractivity contribution in [3.8, 4) is 5.75 Å². The molecule has 0 spiro atoms. The maximum absolute atomic E-state index is 13.6. The van der Waals surface area contributed by atoms with Crippen LogP contribution in [0.2, 0.25) is 0 Å². The van der Waals surface area contributed by atoms with Crippen molar-refractivity contribution in [2.24, 2.45) is 0 Å². The number of anilines is 1. The van der Waals surface area contributed by atoms with Crippen LogP contribution in [0.1, 0.15) is 39.0 Å². The van der Waals surface area contributed by atoms with E-state index in [9.17, 15) is 26.4 Å².